The van der Waals surface area contributed by atoms with Crippen LogP contribution in [0.15, 0.2) is 30.6 Å². The van der Waals surface area contributed by atoms with Crippen molar-refractivity contribution in [1.29, 1.82) is 0 Å². The van der Waals surface area contributed by atoms with Crippen molar-refractivity contribution in [3.05, 3.63) is 30.6 Å². The van der Waals surface area contributed by atoms with E-state index in [0.717, 1.165) is 56.2 Å². The smallest absolute Gasteiger partial charge is 0.225 e. The van der Waals surface area contributed by atoms with E-state index in [9.17, 15) is 0 Å². The molecule has 1 atom stereocenters. The Morgan fingerprint density at radius 3 is 2.76 bits per heavy atom. The Kier molecular flexibility index (Phi) is 6.14. The molecular formula is C18H26N6O. The number of anilines is 2. The zero-order chi connectivity index (χ0) is 17.5. The van der Waals surface area contributed by atoms with E-state index >= 15 is 0 Å². The van der Waals surface area contributed by atoms with Crippen molar-refractivity contribution in [2.24, 2.45) is 0 Å². The van der Waals surface area contributed by atoms with Gasteiger partial charge in [0.25, 0.3) is 0 Å². The fourth-order valence-electron chi connectivity index (χ4n) is 2.70. The lowest BCUT2D eigenvalue weighted by Gasteiger charge is -2.15. The van der Waals surface area contributed by atoms with Crippen LogP contribution in [0, 0.1) is 0 Å². The van der Waals surface area contributed by atoms with E-state index in [-0.39, 0.29) is 6.10 Å². The summed E-state index contributed by atoms with van der Waals surface area (Å²) in [7, 11) is 4.09. The lowest BCUT2D eigenvalue weighted by atomic mass is 10.2. The van der Waals surface area contributed by atoms with Gasteiger partial charge in [0.05, 0.1) is 11.8 Å². The van der Waals surface area contributed by atoms with Crippen LogP contribution in [-0.2, 0) is 4.74 Å². The van der Waals surface area contributed by atoms with Crippen LogP contribution in [0.5, 0.6) is 0 Å². The van der Waals surface area contributed by atoms with Crippen molar-refractivity contribution in [3.63, 3.8) is 0 Å². The minimum absolute atomic E-state index is 0.268. The first-order valence-electron chi connectivity index (χ1n) is 8.74. The summed E-state index contributed by atoms with van der Waals surface area (Å²) >= 11 is 0. The Bertz CT molecular complexity index is 658. The van der Waals surface area contributed by atoms with Gasteiger partial charge < -0.3 is 20.3 Å². The second-order valence-electron chi connectivity index (χ2n) is 6.44. The summed E-state index contributed by atoms with van der Waals surface area (Å²) in [4.78, 5) is 15.4. The highest BCUT2D eigenvalue weighted by Gasteiger charge is 2.15. The minimum Gasteiger partial charge on any atom is -0.376 e. The second-order valence-corrected chi connectivity index (χ2v) is 6.44. The van der Waals surface area contributed by atoms with E-state index in [1.54, 1.807) is 12.4 Å². The van der Waals surface area contributed by atoms with E-state index in [4.69, 9.17) is 4.74 Å². The molecule has 2 aromatic rings. The lowest BCUT2D eigenvalue weighted by molar-refractivity contribution is 0.120. The fraction of sp³-hybridized carbons (Fsp3) is 0.500. The molecule has 25 heavy (non-hydrogen) atoms. The Balaban J connectivity index is 1.75. The summed E-state index contributed by atoms with van der Waals surface area (Å²) < 4.78 is 5.68. The van der Waals surface area contributed by atoms with Gasteiger partial charge in [-0.3, -0.25) is 4.98 Å². The third-order valence-corrected chi connectivity index (χ3v) is 4.08. The average molecular weight is 342 g/mol. The van der Waals surface area contributed by atoms with Gasteiger partial charge in [-0.2, -0.15) is 4.98 Å². The predicted molar refractivity (Wildman–Crippen MR) is 99.8 cm³/mol. The molecule has 1 aliphatic heterocycles. The van der Waals surface area contributed by atoms with Crippen LogP contribution >= 0.6 is 0 Å². The summed E-state index contributed by atoms with van der Waals surface area (Å²) in [5, 5.41) is 6.70. The molecule has 0 saturated carbocycles. The maximum absolute atomic E-state index is 5.68. The number of pyridine rings is 1. The van der Waals surface area contributed by atoms with E-state index in [2.05, 4.69) is 30.5 Å². The first-order valence-corrected chi connectivity index (χ1v) is 8.74. The van der Waals surface area contributed by atoms with Gasteiger partial charge in [-0.05, 0) is 39.1 Å². The van der Waals surface area contributed by atoms with Crippen LogP contribution < -0.4 is 10.6 Å². The average Bonchev–Trinajstić information content (AvgIpc) is 3.14. The van der Waals surface area contributed by atoms with Crippen molar-refractivity contribution >= 4 is 11.8 Å². The van der Waals surface area contributed by atoms with Crippen molar-refractivity contribution in [2.45, 2.75) is 18.9 Å². The number of nitrogens with zero attached hydrogens (tertiary/aromatic N) is 4. The molecule has 0 amide bonds. The number of aromatic nitrogens is 3. The summed E-state index contributed by atoms with van der Waals surface area (Å²) in [5.74, 6) is 1.44. The number of likely N-dealkylation sites (N-methyl/N-ethyl adjacent to an activating group) is 1. The Morgan fingerprint density at radius 1 is 1.20 bits per heavy atom. The van der Waals surface area contributed by atoms with E-state index in [1.807, 2.05) is 32.3 Å². The number of nitrogens with one attached hydrogen (secondary N) is 2. The molecule has 2 aromatic heterocycles. The quantitative estimate of drug-likeness (QED) is 0.761. The highest BCUT2D eigenvalue weighted by atomic mass is 16.5. The maximum Gasteiger partial charge on any atom is 0.225 e. The van der Waals surface area contributed by atoms with E-state index in [1.165, 1.54) is 0 Å². The Morgan fingerprint density at radius 2 is 2.04 bits per heavy atom. The summed E-state index contributed by atoms with van der Waals surface area (Å²) in [6, 6.07) is 5.88. The topological polar surface area (TPSA) is 75.2 Å². The Hall–Kier alpha value is -2.25. The van der Waals surface area contributed by atoms with Gasteiger partial charge in [0.1, 0.15) is 5.82 Å². The summed E-state index contributed by atoms with van der Waals surface area (Å²) in [5.41, 5.74) is 1.90. The molecule has 0 radical (unpaired) electrons. The van der Waals surface area contributed by atoms with E-state index in [0.29, 0.717) is 5.95 Å². The molecule has 7 heteroatoms. The number of rotatable bonds is 8. The second kappa shape index (κ2) is 8.73. The third kappa shape index (κ3) is 5.37. The molecular weight excluding hydrogens is 316 g/mol. The normalized spacial score (nSPS) is 17.0. The van der Waals surface area contributed by atoms with Gasteiger partial charge in [0.2, 0.25) is 5.95 Å². The standard InChI is InChI=1S/C18H26N6O/c1-24(2)10-9-20-18-22-16(14-5-7-19-8-6-14)12-17(23-18)21-13-15-4-3-11-25-15/h5-8,12,15H,3-4,9-11,13H2,1-2H3,(H2,20,21,22,23)/t15-/m1/s1. The van der Waals surface area contributed by atoms with Crippen LogP contribution in [0.2, 0.25) is 0 Å². The molecule has 0 bridgehead atoms. The molecule has 7 nitrogen and oxygen atoms in total. The largest absolute Gasteiger partial charge is 0.376 e. The van der Waals surface area contributed by atoms with Gasteiger partial charge in [-0.25, -0.2) is 4.98 Å². The van der Waals surface area contributed by atoms with Crippen LogP contribution in [0.4, 0.5) is 11.8 Å². The monoisotopic (exact) mass is 342 g/mol. The van der Waals surface area contributed by atoms with Gasteiger partial charge in [-0.15, -0.1) is 0 Å². The van der Waals surface area contributed by atoms with Gasteiger partial charge >= 0.3 is 0 Å². The number of hydrogen-bond acceptors (Lipinski definition) is 7. The molecule has 2 N–H and O–H groups in total. The molecule has 134 valence electrons. The molecule has 0 aromatic carbocycles. The Labute approximate surface area is 148 Å². The number of ether oxygens (including phenoxy) is 1. The van der Waals surface area contributed by atoms with Gasteiger partial charge in [-0.1, -0.05) is 0 Å². The SMILES string of the molecule is CN(C)CCNc1nc(NC[C@H]2CCCO2)cc(-c2ccncc2)n1. The van der Waals surface area contributed by atoms with Gasteiger partial charge in [0, 0.05) is 50.3 Å². The molecule has 3 heterocycles. The molecule has 1 fully saturated rings. The first kappa shape index (κ1) is 17.6. The van der Waals surface area contributed by atoms with E-state index < -0.39 is 0 Å². The zero-order valence-corrected chi connectivity index (χ0v) is 14.9. The third-order valence-electron chi connectivity index (χ3n) is 4.08. The predicted octanol–water partition coefficient (Wildman–Crippen LogP) is 2.10. The van der Waals surface area contributed by atoms with Crippen molar-refractivity contribution in [2.75, 3.05) is 51.0 Å². The molecule has 0 spiro atoms. The van der Waals surface area contributed by atoms with Crippen LogP contribution in [0.25, 0.3) is 11.3 Å². The molecule has 0 aliphatic carbocycles. The lowest BCUT2D eigenvalue weighted by Crippen LogP contribution is -2.22. The minimum atomic E-state index is 0.268. The van der Waals surface area contributed by atoms with Crippen LogP contribution in [-0.4, -0.2) is 66.3 Å². The van der Waals surface area contributed by atoms with Crippen LogP contribution in [0.3, 0.4) is 0 Å². The van der Waals surface area contributed by atoms with Crippen molar-refractivity contribution in [3.8, 4) is 11.3 Å². The highest BCUT2D eigenvalue weighted by Crippen LogP contribution is 2.21. The highest BCUT2D eigenvalue weighted by molar-refractivity contribution is 5.63. The first-order chi connectivity index (χ1) is 12.2. The van der Waals surface area contributed by atoms with Crippen molar-refractivity contribution < 1.29 is 4.74 Å². The van der Waals surface area contributed by atoms with Crippen LogP contribution in [0.1, 0.15) is 12.8 Å². The molecule has 3 rings (SSSR count). The van der Waals surface area contributed by atoms with Crippen molar-refractivity contribution in [1.82, 2.24) is 19.9 Å². The zero-order valence-electron chi connectivity index (χ0n) is 14.9. The maximum atomic E-state index is 5.68. The summed E-state index contributed by atoms with van der Waals surface area (Å²) in [6.07, 6.45) is 6.05. The molecule has 0 unspecified atom stereocenters. The fourth-order valence-corrected chi connectivity index (χ4v) is 2.70. The number of hydrogen-bond donors (Lipinski definition) is 2. The molecule has 1 aliphatic rings. The summed E-state index contributed by atoms with van der Waals surface area (Å²) in [6.45, 7) is 3.33. The molecule has 1 saturated heterocycles. The van der Waals surface area contributed by atoms with Gasteiger partial charge in [0.15, 0.2) is 0 Å².